The van der Waals surface area contributed by atoms with E-state index in [0.717, 1.165) is 38.7 Å². The maximum absolute atomic E-state index is 13.0. The number of nitrogens with one attached hydrogen (secondary N) is 1. The van der Waals surface area contributed by atoms with Crippen molar-refractivity contribution in [3.05, 3.63) is 96.3 Å². The number of hydrogen-bond donors (Lipinski definition) is 1. The average molecular weight is 380 g/mol. The predicted molar refractivity (Wildman–Crippen MR) is 120 cm³/mol. The maximum Gasteiger partial charge on any atom is 0.234 e. The molecule has 0 fully saturated rings. The quantitative estimate of drug-likeness (QED) is 0.463. The van der Waals surface area contributed by atoms with Crippen LogP contribution in [-0.4, -0.2) is 10.9 Å². The van der Waals surface area contributed by atoms with Crippen LogP contribution in [0.2, 0.25) is 0 Å². The smallest absolute Gasteiger partial charge is 0.234 e. The first-order valence-electron chi connectivity index (χ1n) is 9.77. The molecule has 0 saturated heterocycles. The van der Waals surface area contributed by atoms with Gasteiger partial charge in [-0.15, -0.1) is 0 Å². The minimum atomic E-state index is -0.624. The number of pyridine rings is 1. The van der Waals surface area contributed by atoms with E-state index in [0.29, 0.717) is 0 Å². The number of carbonyl (C=O) groups is 1. The van der Waals surface area contributed by atoms with E-state index in [2.05, 4.69) is 35.4 Å². The van der Waals surface area contributed by atoms with Crippen molar-refractivity contribution < 1.29 is 4.79 Å². The molecule has 4 rings (SSSR count). The van der Waals surface area contributed by atoms with Crippen LogP contribution in [0.1, 0.15) is 25.0 Å². The van der Waals surface area contributed by atoms with E-state index >= 15 is 0 Å². The molecule has 0 bridgehead atoms. The normalized spacial score (nSPS) is 11.4. The third-order valence-electron chi connectivity index (χ3n) is 5.51. The van der Waals surface area contributed by atoms with E-state index in [4.69, 9.17) is 0 Å². The molecule has 0 aliphatic rings. The summed E-state index contributed by atoms with van der Waals surface area (Å²) in [5.41, 5.74) is 4.54. The van der Waals surface area contributed by atoms with Crippen LogP contribution >= 0.6 is 0 Å². The number of hydrogen-bond acceptors (Lipinski definition) is 2. The number of rotatable bonds is 4. The molecule has 1 N–H and O–H groups in total. The van der Waals surface area contributed by atoms with Crippen LogP contribution in [0.4, 0.5) is 5.69 Å². The molecule has 1 heterocycles. The van der Waals surface area contributed by atoms with Crippen molar-refractivity contribution in [3.63, 3.8) is 0 Å². The lowest BCUT2D eigenvalue weighted by atomic mass is 9.83. The molecule has 29 heavy (non-hydrogen) atoms. The predicted octanol–water partition coefficient (Wildman–Crippen LogP) is 6.13. The third kappa shape index (κ3) is 3.77. The highest BCUT2D eigenvalue weighted by atomic mass is 16.2. The van der Waals surface area contributed by atoms with Crippen LogP contribution in [0, 0.1) is 6.92 Å². The number of nitrogens with zero attached hydrogens (tertiary/aromatic N) is 1. The summed E-state index contributed by atoms with van der Waals surface area (Å²) in [4.78, 5) is 17.2. The number of anilines is 1. The zero-order chi connectivity index (χ0) is 20.4. The molecule has 0 unspecified atom stereocenters. The number of amides is 1. The first-order chi connectivity index (χ1) is 13.9. The fraction of sp³-hybridized carbons (Fsp3) is 0.154. The Morgan fingerprint density at radius 3 is 2.48 bits per heavy atom. The Hall–Kier alpha value is -3.46. The van der Waals surface area contributed by atoms with Crippen LogP contribution < -0.4 is 5.32 Å². The fourth-order valence-corrected chi connectivity index (χ4v) is 3.54. The van der Waals surface area contributed by atoms with Gasteiger partial charge in [0.25, 0.3) is 0 Å². The highest BCUT2D eigenvalue weighted by Crippen LogP contribution is 2.30. The summed E-state index contributed by atoms with van der Waals surface area (Å²) in [5.74, 6) is -0.0267. The summed E-state index contributed by atoms with van der Waals surface area (Å²) in [5, 5.41) is 5.37. The summed E-state index contributed by atoms with van der Waals surface area (Å²) in [6, 6.07) is 24.3. The van der Waals surface area contributed by atoms with Gasteiger partial charge in [-0.2, -0.15) is 0 Å². The van der Waals surface area contributed by atoms with Gasteiger partial charge in [-0.05, 0) is 72.7 Å². The topological polar surface area (TPSA) is 42.0 Å². The highest BCUT2D eigenvalue weighted by Gasteiger charge is 2.29. The molecule has 0 spiro atoms. The van der Waals surface area contributed by atoms with E-state index in [1.807, 2.05) is 74.6 Å². The van der Waals surface area contributed by atoms with Crippen molar-refractivity contribution in [1.29, 1.82) is 0 Å². The molecule has 0 atom stereocenters. The Labute approximate surface area is 171 Å². The summed E-state index contributed by atoms with van der Waals surface area (Å²) in [6.45, 7) is 5.98. The Kier molecular flexibility index (Phi) is 4.89. The van der Waals surface area contributed by atoms with Gasteiger partial charge in [0, 0.05) is 23.5 Å². The number of benzene rings is 3. The Balaban J connectivity index is 1.65. The molecule has 3 heteroatoms. The van der Waals surface area contributed by atoms with Crippen molar-refractivity contribution in [2.75, 3.05) is 5.32 Å². The first kappa shape index (κ1) is 18.9. The number of aryl methyl sites for hydroxylation is 1. The molecule has 144 valence electrons. The zero-order valence-corrected chi connectivity index (χ0v) is 16.9. The van der Waals surface area contributed by atoms with Crippen molar-refractivity contribution in [2.24, 2.45) is 0 Å². The Morgan fingerprint density at radius 2 is 1.69 bits per heavy atom. The second kappa shape index (κ2) is 7.51. The SMILES string of the molecule is Cc1ccc(NC(=O)C(C)(C)c2ccccc2)cc1-c1ccc2ccncc2c1. The van der Waals surface area contributed by atoms with Crippen molar-refractivity contribution in [3.8, 4) is 11.1 Å². The molecule has 0 aliphatic carbocycles. The number of aromatic nitrogens is 1. The van der Waals surface area contributed by atoms with Crippen LogP contribution in [0.3, 0.4) is 0 Å². The maximum atomic E-state index is 13.0. The second-order valence-corrected chi connectivity index (χ2v) is 7.91. The first-order valence-corrected chi connectivity index (χ1v) is 9.77. The summed E-state index contributed by atoms with van der Waals surface area (Å²) >= 11 is 0. The fourth-order valence-electron chi connectivity index (χ4n) is 3.54. The highest BCUT2D eigenvalue weighted by molar-refractivity contribution is 5.99. The van der Waals surface area contributed by atoms with E-state index < -0.39 is 5.41 Å². The van der Waals surface area contributed by atoms with Gasteiger partial charge in [0.1, 0.15) is 0 Å². The van der Waals surface area contributed by atoms with Gasteiger partial charge in [0.05, 0.1) is 5.41 Å². The molecule has 1 aromatic heterocycles. The van der Waals surface area contributed by atoms with Crippen LogP contribution in [0.15, 0.2) is 85.2 Å². The molecule has 1 amide bonds. The summed E-state index contributed by atoms with van der Waals surface area (Å²) in [7, 11) is 0. The van der Waals surface area contributed by atoms with E-state index in [1.54, 1.807) is 6.20 Å². The van der Waals surface area contributed by atoms with E-state index in [1.165, 1.54) is 0 Å². The van der Waals surface area contributed by atoms with E-state index in [-0.39, 0.29) is 5.91 Å². The van der Waals surface area contributed by atoms with Crippen molar-refractivity contribution in [1.82, 2.24) is 4.98 Å². The minimum Gasteiger partial charge on any atom is -0.325 e. The molecule has 0 aliphatic heterocycles. The molecular formula is C26H24N2O. The van der Waals surface area contributed by atoms with Crippen LogP contribution in [0.5, 0.6) is 0 Å². The van der Waals surface area contributed by atoms with Gasteiger partial charge < -0.3 is 5.32 Å². The second-order valence-electron chi connectivity index (χ2n) is 7.91. The molecule has 0 radical (unpaired) electrons. The number of fused-ring (bicyclic) bond motifs is 1. The lowest BCUT2D eigenvalue weighted by Crippen LogP contribution is -2.34. The Bertz CT molecular complexity index is 1180. The van der Waals surface area contributed by atoms with Crippen molar-refractivity contribution in [2.45, 2.75) is 26.2 Å². The molecule has 3 nitrogen and oxygen atoms in total. The van der Waals surface area contributed by atoms with Gasteiger partial charge in [0.2, 0.25) is 5.91 Å². The van der Waals surface area contributed by atoms with Gasteiger partial charge in [-0.25, -0.2) is 0 Å². The van der Waals surface area contributed by atoms with Gasteiger partial charge in [-0.3, -0.25) is 9.78 Å². The number of carbonyl (C=O) groups excluding carboxylic acids is 1. The summed E-state index contributed by atoms with van der Waals surface area (Å²) < 4.78 is 0. The Morgan fingerprint density at radius 1 is 0.897 bits per heavy atom. The monoisotopic (exact) mass is 380 g/mol. The zero-order valence-electron chi connectivity index (χ0n) is 16.9. The summed E-state index contributed by atoms with van der Waals surface area (Å²) in [6.07, 6.45) is 3.68. The standard InChI is InChI=1S/C26H24N2O/c1-18-9-12-23(28-25(29)26(2,3)22-7-5-4-6-8-22)16-24(18)20-11-10-19-13-14-27-17-21(19)15-20/h4-17H,1-3H3,(H,28,29). The van der Waals surface area contributed by atoms with E-state index in [9.17, 15) is 4.79 Å². The minimum absolute atomic E-state index is 0.0267. The average Bonchev–Trinajstić information content (AvgIpc) is 2.75. The molecule has 4 aromatic rings. The van der Waals surface area contributed by atoms with Crippen LogP contribution in [0.25, 0.3) is 21.9 Å². The lowest BCUT2D eigenvalue weighted by Gasteiger charge is -2.24. The van der Waals surface area contributed by atoms with Gasteiger partial charge in [0.15, 0.2) is 0 Å². The van der Waals surface area contributed by atoms with Gasteiger partial charge >= 0.3 is 0 Å². The molecular weight excluding hydrogens is 356 g/mol. The lowest BCUT2D eigenvalue weighted by molar-refractivity contribution is -0.120. The van der Waals surface area contributed by atoms with Gasteiger partial charge in [-0.1, -0.05) is 48.5 Å². The molecule has 3 aromatic carbocycles. The largest absolute Gasteiger partial charge is 0.325 e. The van der Waals surface area contributed by atoms with Crippen molar-refractivity contribution >= 4 is 22.4 Å². The van der Waals surface area contributed by atoms with Crippen LogP contribution in [-0.2, 0) is 10.2 Å². The molecule has 0 saturated carbocycles. The third-order valence-corrected chi connectivity index (χ3v) is 5.51.